The highest BCUT2D eigenvalue weighted by Crippen LogP contribution is 2.49. The van der Waals surface area contributed by atoms with Crippen molar-refractivity contribution in [3.8, 4) is 22.7 Å². The van der Waals surface area contributed by atoms with E-state index in [-0.39, 0.29) is 12.0 Å². The molecular weight excluding hydrogens is 799 g/mol. The first-order chi connectivity index (χ1) is 32.1. The quantitative estimate of drug-likeness (QED) is 0.113. The lowest BCUT2D eigenvalue weighted by molar-refractivity contribution is 0.271. The van der Waals surface area contributed by atoms with Crippen LogP contribution < -0.4 is 4.74 Å². The predicted molar refractivity (Wildman–Crippen MR) is 265 cm³/mol. The molecule has 10 aromatic rings. The van der Waals surface area contributed by atoms with Gasteiger partial charge in [0.15, 0.2) is 17.2 Å². The Balaban J connectivity index is 1.01. The summed E-state index contributed by atoms with van der Waals surface area (Å²) in [5.41, 5.74) is 13.7. The van der Waals surface area contributed by atoms with Gasteiger partial charge < -0.3 is 13.7 Å². The standard InChI is InChI=1S/C58H41N5O2/c1-3-46(60-57(59-36(2)37-19-7-4-8-20-37)43-27-17-30-48-52(43)41-25-13-15-29-47(41)63(48)40-23-11-6-12-24-40)39-33-34-50-45(35-39)53-44(28-18-32-51(53)64-50)58-61-54(38-21-9-5-10-22-38)56-55(62-58)42-26-14-16-31-49(42)65-56/h4-35,51,53H,2-3H2,1H3. The van der Waals surface area contributed by atoms with Crippen LogP contribution in [0.1, 0.15) is 47.3 Å². The highest BCUT2D eigenvalue weighted by molar-refractivity contribution is 6.23. The van der Waals surface area contributed by atoms with Crippen LogP contribution >= 0.6 is 0 Å². The Bertz CT molecular complexity index is 3630. The number of allylic oxidation sites excluding steroid dienone is 2. The van der Waals surface area contributed by atoms with Crippen LogP contribution in [0, 0.1) is 0 Å². The number of hydrogen-bond acceptors (Lipinski definition) is 5. The summed E-state index contributed by atoms with van der Waals surface area (Å²) in [5.74, 6) is 1.91. The van der Waals surface area contributed by atoms with Gasteiger partial charge in [0, 0.05) is 49.8 Å². The summed E-state index contributed by atoms with van der Waals surface area (Å²) >= 11 is 0. The SMILES string of the molecule is C=C(N=C(N=C(CC)c1ccc2c(c1)C1C(c3nc(-c4ccccc4)c4oc5ccccc5c4n3)=CC=CC1O2)c1cccc2c1c1ccccc1n2-c1ccccc1)c1ccccc1. The molecule has 0 fully saturated rings. The molecule has 2 aliphatic rings. The van der Waals surface area contributed by atoms with E-state index in [0.717, 1.165) is 94.5 Å². The van der Waals surface area contributed by atoms with Crippen LogP contribution in [0.5, 0.6) is 5.75 Å². The molecule has 0 radical (unpaired) electrons. The Morgan fingerprint density at radius 1 is 0.692 bits per heavy atom. The van der Waals surface area contributed by atoms with Crippen molar-refractivity contribution in [3.05, 3.63) is 229 Å². The van der Waals surface area contributed by atoms with Crippen molar-refractivity contribution < 1.29 is 9.15 Å². The molecule has 7 nitrogen and oxygen atoms in total. The molecule has 4 heterocycles. The molecule has 0 saturated carbocycles. The largest absolute Gasteiger partial charge is 0.485 e. The lowest BCUT2D eigenvalue weighted by atomic mass is 9.83. The zero-order valence-corrected chi connectivity index (χ0v) is 35.6. The van der Waals surface area contributed by atoms with Crippen LogP contribution in [0.4, 0.5) is 0 Å². The predicted octanol–water partition coefficient (Wildman–Crippen LogP) is 14.0. The summed E-state index contributed by atoms with van der Waals surface area (Å²) < 4.78 is 15.5. The first-order valence-electron chi connectivity index (χ1n) is 22.0. The number of nitrogens with zero attached hydrogens (tertiary/aromatic N) is 5. The van der Waals surface area contributed by atoms with Gasteiger partial charge >= 0.3 is 0 Å². The van der Waals surface area contributed by atoms with E-state index in [2.05, 4.69) is 139 Å². The lowest BCUT2D eigenvalue weighted by Crippen LogP contribution is -2.20. The number of para-hydroxylation sites is 3. The fraction of sp³-hybridized carbons (Fsp3) is 0.0690. The summed E-state index contributed by atoms with van der Waals surface area (Å²) in [4.78, 5) is 21.4. The van der Waals surface area contributed by atoms with Crippen LogP contribution in [0.2, 0.25) is 0 Å². The maximum atomic E-state index is 6.69. The molecule has 0 bridgehead atoms. The van der Waals surface area contributed by atoms with E-state index in [0.29, 0.717) is 29.4 Å². The molecular formula is C58H41N5O2. The molecule has 1 aliphatic carbocycles. The fourth-order valence-corrected chi connectivity index (χ4v) is 9.57. The zero-order chi connectivity index (χ0) is 43.4. The average molecular weight is 840 g/mol. The first-order valence-corrected chi connectivity index (χ1v) is 22.0. The molecule has 0 N–H and O–H groups in total. The van der Waals surface area contributed by atoms with Crippen LogP contribution in [-0.2, 0) is 0 Å². The van der Waals surface area contributed by atoms with E-state index in [1.54, 1.807) is 0 Å². The van der Waals surface area contributed by atoms with Crippen LogP contribution in [-0.4, -0.2) is 32.2 Å². The first kappa shape index (κ1) is 38.3. The van der Waals surface area contributed by atoms with Crippen molar-refractivity contribution in [2.24, 2.45) is 9.98 Å². The monoisotopic (exact) mass is 839 g/mol. The third-order valence-corrected chi connectivity index (χ3v) is 12.6. The zero-order valence-electron chi connectivity index (χ0n) is 35.6. The topological polar surface area (TPSA) is 77.8 Å². The summed E-state index contributed by atoms with van der Waals surface area (Å²) in [6.45, 7) is 6.62. The van der Waals surface area contributed by atoms with Gasteiger partial charge in [0.05, 0.1) is 22.6 Å². The Labute approximate surface area is 375 Å². The molecule has 65 heavy (non-hydrogen) atoms. The number of hydrogen-bond donors (Lipinski definition) is 0. The smallest absolute Gasteiger partial charge is 0.180 e. The van der Waals surface area contributed by atoms with Gasteiger partial charge in [0.2, 0.25) is 0 Å². The third-order valence-electron chi connectivity index (χ3n) is 12.6. The molecule has 0 saturated heterocycles. The van der Waals surface area contributed by atoms with Crippen molar-refractivity contribution in [2.45, 2.75) is 25.4 Å². The molecule has 7 heteroatoms. The summed E-state index contributed by atoms with van der Waals surface area (Å²) in [6.07, 6.45) is 6.74. The Morgan fingerprint density at radius 3 is 2.23 bits per heavy atom. The molecule has 0 spiro atoms. The van der Waals surface area contributed by atoms with Gasteiger partial charge in [-0.2, -0.15) is 0 Å². The molecule has 7 aromatic carbocycles. The van der Waals surface area contributed by atoms with Gasteiger partial charge in [0.25, 0.3) is 0 Å². The second-order valence-corrected chi connectivity index (χ2v) is 16.4. The van der Waals surface area contributed by atoms with Crippen LogP contribution in [0.3, 0.4) is 0 Å². The lowest BCUT2D eigenvalue weighted by Gasteiger charge is -2.22. The number of ether oxygens (including phenoxy) is 1. The number of benzene rings is 7. The normalized spacial score (nSPS) is 15.9. The van der Waals surface area contributed by atoms with E-state index in [9.17, 15) is 0 Å². The van der Waals surface area contributed by atoms with E-state index in [1.807, 2.05) is 72.8 Å². The number of amidine groups is 1. The second kappa shape index (κ2) is 15.7. The van der Waals surface area contributed by atoms with Gasteiger partial charge in [-0.15, -0.1) is 0 Å². The minimum Gasteiger partial charge on any atom is -0.485 e. The van der Waals surface area contributed by atoms with Gasteiger partial charge in [-0.3, -0.25) is 0 Å². The van der Waals surface area contributed by atoms with Gasteiger partial charge in [-0.25, -0.2) is 20.0 Å². The number of fused-ring (bicyclic) bond motifs is 9. The molecule has 2 atom stereocenters. The van der Waals surface area contributed by atoms with Gasteiger partial charge in [0.1, 0.15) is 28.6 Å². The van der Waals surface area contributed by atoms with E-state index in [1.165, 1.54) is 0 Å². The number of rotatable bonds is 8. The van der Waals surface area contributed by atoms with Crippen molar-refractivity contribution >= 4 is 66.7 Å². The second-order valence-electron chi connectivity index (χ2n) is 16.4. The maximum absolute atomic E-state index is 6.69. The third kappa shape index (κ3) is 6.51. The van der Waals surface area contributed by atoms with E-state index >= 15 is 0 Å². The maximum Gasteiger partial charge on any atom is 0.180 e. The van der Waals surface area contributed by atoms with Crippen molar-refractivity contribution in [2.75, 3.05) is 0 Å². The number of furan rings is 1. The molecule has 0 amide bonds. The number of aromatic nitrogens is 3. The van der Waals surface area contributed by atoms with Gasteiger partial charge in [-0.05, 0) is 78.2 Å². The molecule has 1 aliphatic heterocycles. The summed E-state index contributed by atoms with van der Waals surface area (Å²) in [5, 5.41) is 3.16. The molecule has 3 aromatic heterocycles. The Kier molecular flexibility index (Phi) is 9.26. The summed E-state index contributed by atoms with van der Waals surface area (Å²) in [7, 11) is 0. The molecule has 310 valence electrons. The van der Waals surface area contributed by atoms with Crippen LogP contribution in [0.25, 0.3) is 72.1 Å². The molecule has 2 unspecified atom stereocenters. The van der Waals surface area contributed by atoms with E-state index < -0.39 is 0 Å². The highest BCUT2D eigenvalue weighted by atomic mass is 16.5. The minimum atomic E-state index is -0.228. The van der Waals surface area contributed by atoms with Crippen molar-refractivity contribution in [3.63, 3.8) is 0 Å². The van der Waals surface area contributed by atoms with Crippen molar-refractivity contribution in [1.29, 1.82) is 0 Å². The van der Waals surface area contributed by atoms with E-state index in [4.69, 9.17) is 29.1 Å². The summed E-state index contributed by atoms with van der Waals surface area (Å²) in [6, 6.07) is 60.3. The number of aliphatic imine (C=N–C) groups is 2. The van der Waals surface area contributed by atoms with Crippen LogP contribution in [0.15, 0.2) is 215 Å². The Hall–Kier alpha value is -8.42. The Morgan fingerprint density at radius 2 is 1.42 bits per heavy atom. The van der Waals surface area contributed by atoms with Crippen molar-refractivity contribution in [1.82, 2.24) is 14.5 Å². The molecule has 12 rings (SSSR count). The minimum absolute atomic E-state index is 0.156. The fourth-order valence-electron chi connectivity index (χ4n) is 9.57. The average Bonchev–Trinajstić information content (AvgIpc) is 4.05. The van der Waals surface area contributed by atoms with Gasteiger partial charge in [-0.1, -0.05) is 147 Å². The highest BCUT2D eigenvalue weighted by Gasteiger charge is 2.39.